The van der Waals surface area contributed by atoms with Crippen LogP contribution in [0, 0.1) is 10.1 Å². The Morgan fingerprint density at radius 2 is 2.00 bits per heavy atom. The van der Waals surface area contributed by atoms with Gasteiger partial charge < -0.3 is 9.57 Å². The van der Waals surface area contributed by atoms with Crippen LogP contribution in [0.25, 0.3) is 0 Å². The fourth-order valence-electron chi connectivity index (χ4n) is 1.76. The van der Waals surface area contributed by atoms with E-state index in [4.69, 9.17) is 4.84 Å². The van der Waals surface area contributed by atoms with E-state index in [0.29, 0.717) is 11.1 Å². The Morgan fingerprint density at radius 1 is 1.22 bits per heavy atom. The van der Waals surface area contributed by atoms with Crippen LogP contribution in [0.4, 0.5) is 14.5 Å². The zero-order valence-electron chi connectivity index (χ0n) is 11.8. The van der Waals surface area contributed by atoms with Gasteiger partial charge in [0.25, 0.3) is 5.69 Å². The summed E-state index contributed by atoms with van der Waals surface area (Å²) in [7, 11) is 0. The summed E-state index contributed by atoms with van der Waals surface area (Å²) in [6.45, 7) is -2.92. The molecule has 120 valence electrons. The number of halogens is 2. The number of nitrogens with zero attached hydrogens (tertiary/aromatic N) is 2. The van der Waals surface area contributed by atoms with Crippen LogP contribution in [0.5, 0.6) is 5.75 Å². The third kappa shape index (κ3) is 5.03. The number of hydrogen-bond donors (Lipinski definition) is 0. The lowest BCUT2D eigenvalue weighted by Crippen LogP contribution is -2.04. The molecular formula is C15H12F2N2O4. The van der Waals surface area contributed by atoms with Gasteiger partial charge in [-0.05, 0) is 17.7 Å². The van der Waals surface area contributed by atoms with Crippen LogP contribution in [0.15, 0.2) is 53.7 Å². The number of alkyl halides is 2. The van der Waals surface area contributed by atoms with Gasteiger partial charge in [0.1, 0.15) is 12.4 Å². The number of nitro groups is 1. The standard InChI is InChI=1S/C15H12F2N2O4/c16-15(17)23-14-7-2-1-5-12(14)9-18-22-10-11-4-3-6-13(8-11)19(20)21/h1-9,15H,10H2. The number of nitro benzene ring substituents is 1. The number of ether oxygens (including phenoxy) is 1. The normalized spacial score (nSPS) is 10.9. The molecule has 0 amide bonds. The lowest BCUT2D eigenvalue weighted by Gasteiger charge is -2.06. The van der Waals surface area contributed by atoms with E-state index in [-0.39, 0.29) is 18.0 Å². The Kier molecular flexibility index (Phi) is 5.56. The fraction of sp³-hybridized carbons (Fsp3) is 0.133. The molecule has 23 heavy (non-hydrogen) atoms. The maximum Gasteiger partial charge on any atom is 0.387 e. The summed E-state index contributed by atoms with van der Waals surface area (Å²) < 4.78 is 28.9. The zero-order valence-corrected chi connectivity index (χ0v) is 11.8. The van der Waals surface area contributed by atoms with Crippen molar-refractivity contribution in [1.82, 2.24) is 0 Å². The van der Waals surface area contributed by atoms with Gasteiger partial charge >= 0.3 is 6.61 Å². The molecular weight excluding hydrogens is 310 g/mol. The molecule has 0 spiro atoms. The monoisotopic (exact) mass is 322 g/mol. The lowest BCUT2D eigenvalue weighted by atomic mass is 10.2. The van der Waals surface area contributed by atoms with Crippen molar-refractivity contribution in [2.24, 2.45) is 5.16 Å². The Balaban J connectivity index is 1.97. The summed E-state index contributed by atoms with van der Waals surface area (Å²) >= 11 is 0. The molecule has 0 atom stereocenters. The molecule has 0 aromatic heterocycles. The highest BCUT2D eigenvalue weighted by Crippen LogP contribution is 2.18. The molecule has 0 N–H and O–H groups in total. The maximum atomic E-state index is 12.3. The predicted molar refractivity (Wildman–Crippen MR) is 78.6 cm³/mol. The number of para-hydroxylation sites is 1. The van der Waals surface area contributed by atoms with Gasteiger partial charge in [-0.15, -0.1) is 0 Å². The van der Waals surface area contributed by atoms with Crippen molar-refractivity contribution >= 4 is 11.9 Å². The topological polar surface area (TPSA) is 74.0 Å². The first-order chi connectivity index (χ1) is 11.1. The number of oxime groups is 1. The molecule has 2 aromatic carbocycles. The van der Waals surface area contributed by atoms with Gasteiger partial charge in [-0.2, -0.15) is 8.78 Å². The fourth-order valence-corrected chi connectivity index (χ4v) is 1.76. The summed E-state index contributed by atoms with van der Waals surface area (Å²) in [5.41, 5.74) is 0.839. The molecule has 0 saturated heterocycles. The van der Waals surface area contributed by atoms with E-state index < -0.39 is 11.5 Å². The van der Waals surface area contributed by atoms with E-state index in [2.05, 4.69) is 9.89 Å². The van der Waals surface area contributed by atoms with Gasteiger partial charge in [0.2, 0.25) is 0 Å². The highest BCUT2D eigenvalue weighted by molar-refractivity contribution is 5.83. The summed E-state index contributed by atoms with van der Waals surface area (Å²) in [5.74, 6) is -0.0230. The summed E-state index contributed by atoms with van der Waals surface area (Å²) in [5, 5.41) is 14.3. The molecule has 0 aliphatic rings. The Morgan fingerprint density at radius 3 is 2.74 bits per heavy atom. The average Bonchev–Trinajstić information content (AvgIpc) is 2.53. The number of non-ortho nitro benzene ring substituents is 1. The van der Waals surface area contributed by atoms with Gasteiger partial charge in [0.15, 0.2) is 0 Å². The molecule has 2 rings (SSSR count). The van der Waals surface area contributed by atoms with Gasteiger partial charge in [-0.3, -0.25) is 10.1 Å². The highest BCUT2D eigenvalue weighted by atomic mass is 19.3. The van der Waals surface area contributed by atoms with Crippen LogP contribution in [0.3, 0.4) is 0 Å². The minimum absolute atomic E-state index is 0.00997. The van der Waals surface area contributed by atoms with E-state index in [1.807, 2.05) is 0 Å². The Hall–Kier alpha value is -3.03. The van der Waals surface area contributed by atoms with E-state index in [0.717, 1.165) is 0 Å². The first-order valence-electron chi connectivity index (χ1n) is 6.49. The number of rotatable bonds is 7. The Labute approximate surface area is 130 Å². The smallest absolute Gasteiger partial charge is 0.387 e. The largest absolute Gasteiger partial charge is 0.434 e. The SMILES string of the molecule is O=[N+]([O-])c1cccc(CON=Cc2ccccc2OC(F)F)c1. The predicted octanol–water partition coefficient (Wildman–Crippen LogP) is 3.75. The number of benzene rings is 2. The van der Waals surface area contributed by atoms with E-state index in [1.54, 1.807) is 18.2 Å². The third-order valence-corrected chi connectivity index (χ3v) is 2.75. The molecule has 0 unspecified atom stereocenters. The first-order valence-corrected chi connectivity index (χ1v) is 6.49. The minimum Gasteiger partial charge on any atom is -0.434 e. The molecule has 6 nitrogen and oxygen atoms in total. The second kappa shape index (κ2) is 7.83. The van der Waals surface area contributed by atoms with Gasteiger partial charge in [-0.25, -0.2) is 0 Å². The molecule has 0 fully saturated rings. The first kappa shape index (κ1) is 16.3. The van der Waals surface area contributed by atoms with E-state index >= 15 is 0 Å². The lowest BCUT2D eigenvalue weighted by molar-refractivity contribution is -0.384. The molecule has 0 saturated carbocycles. The molecule has 0 bridgehead atoms. The molecule has 8 heteroatoms. The zero-order chi connectivity index (χ0) is 16.7. The molecule has 2 aromatic rings. The van der Waals surface area contributed by atoms with E-state index in [1.165, 1.54) is 36.5 Å². The third-order valence-electron chi connectivity index (χ3n) is 2.75. The van der Waals surface area contributed by atoms with Crippen molar-refractivity contribution in [3.05, 3.63) is 69.8 Å². The van der Waals surface area contributed by atoms with Crippen molar-refractivity contribution in [3.63, 3.8) is 0 Å². The summed E-state index contributed by atoms with van der Waals surface area (Å²) in [4.78, 5) is 15.2. The molecule has 0 radical (unpaired) electrons. The minimum atomic E-state index is -2.93. The van der Waals surface area contributed by atoms with E-state index in [9.17, 15) is 18.9 Å². The highest BCUT2D eigenvalue weighted by Gasteiger charge is 2.08. The van der Waals surface area contributed by atoms with Gasteiger partial charge in [0, 0.05) is 17.7 Å². The molecule has 0 aliphatic heterocycles. The van der Waals surface area contributed by atoms with Crippen LogP contribution in [0.1, 0.15) is 11.1 Å². The second-order valence-corrected chi connectivity index (χ2v) is 4.35. The van der Waals surface area contributed by atoms with Gasteiger partial charge in [-0.1, -0.05) is 29.4 Å². The van der Waals surface area contributed by atoms with Crippen molar-refractivity contribution in [2.75, 3.05) is 0 Å². The van der Waals surface area contributed by atoms with Crippen molar-refractivity contribution in [1.29, 1.82) is 0 Å². The van der Waals surface area contributed by atoms with Crippen molar-refractivity contribution in [2.45, 2.75) is 13.2 Å². The second-order valence-electron chi connectivity index (χ2n) is 4.35. The summed E-state index contributed by atoms with van der Waals surface area (Å²) in [6.07, 6.45) is 1.23. The van der Waals surface area contributed by atoms with Crippen LogP contribution in [-0.2, 0) is 11.4 Å². The molecule has 0 heterocycles. The number of hydrogen-bond acceptors (Lipinski definition) is 5. The van der Waals surface area contributed by atoms with Crippen molar-refractivity contribution < 1.29 is 23.3 Å². The average molecular weight is 322 g/mol. The molecule has 0 aliphatic carbocycles. The summed E-state index contributed by atoms with van der Waals surface area (Å²) in [6, 6.07) is 12.0. The van der Waals surface area contributed by atoms with Crippen LogP contribution in [-0.4, -0.2) is 17.7 Å². The van der Waals surface area contributed by atoms with Crippen LogP contribution < -0.4 is 4.74 Å². The van der Waals surface area contributed by atoms with Crippen LogP contribution >= 0.6 is 0 Å². The Bertz CT molecular complexity index is 707. The van der Waals surface area contributed by atoms with Crippen LogP contribution in [0.2, 0.25) is 0 Å². The quantitative estimate of drug-likeness (QED) is 0.442. The maximum absolute atomic E-state index is 12.3. The van der Waals surface area contributed by atoms with Crippen molar-refractivity contribution in [3.8, 4) is 5.75 Å². The van der Waals surface area contributed by atoms with Gasteiger partial charge in [0.05, 0.1) is 11.1 Å².